The zero-order valence-electron chi connectivity index (χ0n) is 9.39. The Hall–Kier alpha value is -1.15. The molecule has 0 unspecified atom stereocenters. The molecule has 0 aliphatic heterocycles. The van der Waals surface area contributed by atoms with Crippen LogP contribution in [0.15, 0.2) is 23.1 Å². The minimum Gasteiger partial charge on any atom is -0.366 e. The summed E-state index contributed by atoms with van der Waals surface area (Å²) >= 11 is 5.55. The number of hydrogen-bond acceptors (Lipinski definition) is 4. The van der Waals surface area contributed by atoms with E-state index in [1.807, 2.05) is 0 Å². The Morgan fingerprint density at radius 2 is 2.11 bits per heavy atom. The number of aryl methyl sites for hydroxylation is 1. The van der Waals surface area contributed by atoms with E-state index in [1.54, 1.807) is 0 Å². The van der Waals surface area contributed by atoms with Crippen molar-refractivity contribution < 1.29 is 18.4 Å². The lowest BCUT2D eigenvalue weighted by atomic mass is 10.1. The third-order valence-corrected chi connectivity index (χ3v) is 3.81. The van der Waals surface area contributed by atoms with Gasteiger partial charge in [0.15, 0.2) is 0 Å². The maximum Gasteiger partial charge on any atom is 0.262 e. The Morgan fingerprint density at radius 1 is 1.44 bits per heavy atom. The predicted molar refractivity (Wildman–Crippen MR) is 66.1 cm³/mol. The first-order chi connectivity index (χ1) is 8.42. The molecule has 6 nitrogen and oxygen atoms in total. The van der Waals surface area contributed by atoms with Crippen molar-refractivity contribution in [3.05, 3.63) is 29.3 Å². The summed E-state index contributed by atoms with van der Waals surface area (Å²) in [5.41, 5.74) is 5.59. The molecule has 0 saturated heterocycles. The van der Waals surface area contributed by atoms with Crippen LogP contribution in [0.25, 0.3) is 0 Å². The van der Waals surface area contributed by atoms with Crippen molar-refractivity contribution in [2.24, 2.45) is 5.73 Å². The number of rotatable bonds is 6. The number of alkyl halides is 1. The van der Waals surface area contributed by atoms with Gasteiger partial charge in [-0.15, -0.1) is 11.6 Å². The van der Waals surface area contributed by atoms with Crippen LogP contribution >= 0.6 is 11.6 Å². The summed E-state index contributed by atoms with van der Waals surface area (Å²) in [7, 11) is -4.06. The molecule has 1 amide bonds. The van der Waals surface area contributed by atoms with E-state index >= 15 is 0 Å². The number of halogens is 1. The van der Waals surface area contributed by atoms with Crippen LogP contribution in [0.2, 0.25) is 0 Å². The molecule has 0 bridgehead atoms. The van der Waals surface area contributed by atoms with Crippen molar-refractivity contribution in [2.75, 3.05) is 5.88 Å². The minimum absolute atomic E-state index is 0.0541. The monoisotopic (exact) mass is 292 g/mol. The fourth-order valence-electron chi connectivity index (χ4n) is 1.47. The largest absolute Gasteiger partial charge is 0.366 e. The van der Waals surface area contributed by atoms with Gasteiger partial charge < -0.3 is 10.9 Å². The second kappa shape index (κ2) is 6.14. The molecule has 0 aromatic heterocycles. The lowest BCUT2D eigenvalue weighted by molar-refractivity contribution is 0.1000. The fraction of sp³-hybridized carbons (Fsp3) is 0.300. The highest BCUT2D eigenvalue weighted by Crippen LogP contribution is 2.19. The highest BCUT2D eigenvalue weighted by Gasteiger charge is 2.19. The van der Waals surface area contributed by atoms with E-state index < -0.39 is 15.9 Å². The van der Waals surface area contributed by atoms with Crippen molar-refractivity contribution in [2.45, 2.75) is 17.7 Å². The first-order valence-corrected chi connectivity index (χ1v) is 7.08. The van der Waals surface area contributed by atoms with Crippen LogP contribution in [-0.4, -0.2) is 25.4 Å². The average Bonchev–Trinajstić information content (AvgIpc) is 2.35. The number of carbonyl (C=O) groups excluding carboxylic acids is 1. The third-order valence-electron chi connectivity index (χ3n) is 2.34. The molecule has 0 aliphatic rings. The van der Waals surface area contributed by atoms with E-state index in [9.17, 15) is 13.2 Å². The van der Waals surface area contributed by atoms with E-state index in [1.165, 1.54) is 17.0 Å². The molecular weight excluding hydrogens is 280 g/mol. The fourth-order valence-corrected chi connectivity index (χ4v) is 2.50. The third kappa shape index (κ3) is 3.42. The van der Waals surface area contributed by atoms with Gasteiger partial charge in [-0.1, -0.05) is 11.0 Å². The van der Waals surface area contributed by atoms with Gasteiger partial charge in [0.05, 0.1) is 4.90 Å². The number of sulfonamides is 1. The van der Waals surface area contributed by atoms with Crippen LogP contribution in [0.4, 0.5) is 0 Å². The number of nitrogens with two attached hydrogens (primary N) is 1. The lowest BCUT2D eigenvalue weighted by Crippen LogP contribution is -2.22. The summed E-state index contributed by atoms with van der Waals surface area (Å²) in [4.78, 5) is 12.1. The molecule has 0 aliphatic carbocycles. The normalized spacial score (nSPS) is 11.4. The Labute approximate surface area is 110 Å². The molecule has 8 heteroatoms. The molecule has 100 valence electrons. The van der Waals surface area contributed by atoms with Crippen LogP contribution in [-0.2, 0) is 16.4 Å². The lowest BCUT2D eigenvalue weighted by Gasteiger charge is -2.09. The van der Waals surface area contributed by atoms with E-state index in [2.05, 4.69) is 0 Å². The smallest absolute Gasteiger partial charge is 0.262 e. The van der Waals surface area contributed by atoms with Crippen LogP contribution < -0.4 is 10.6 Å². The van der Waals surface area contributed by atoms with E-state index in [0.717, 1.165) is 6.07 Å². The molecule has 4 N–H and O–H groups in total. The average molecular weight is 293 g/mol. The summed E-state index contributed by atoms with van der Waals surface area (Å²) in [6, 6.07) is 4.05. The van der Waals surface area contributed by atoms with Gasteiger partial charge in [0.1, 0.15) is 0 Å². The highest BCUT2D eigenvalue weighted by atomic mass is 35.5. The second-order valence-electron chi connectivity index (χ2n) is 3.57. The number of nitrogens with one attached hydrogen (secondary N) is 1. The number of amides is 1. The van der Waals surface area contributed by atoms with Gasteiger partial charge in [-0.05, 0) is 30.5 Å². The first-order valence-electron chi connectivity index (χ1n) is 5.07. The Bertz CT molecular complexity index is 545. The zero-order chi connectivity index (χ0) is 13.8. The number of benzene rings is 1. The van der Waals surface area contributed by atoms with Crippen LogP contribution in [0.1, 0.15) is 22.3 Å². The standard InChI is InChI=1S/C10H13ClN2O4S/c11-5-1-2-7-3-4-8(10(12)14)6-9(7)18(16,17)13-15/h3-4,6,13,15H,1-2,5H2,(H2,12,14). The number of carbonyl (C=O) groups is 1. The Balaban J connectivity index is 3.31. The summed E-state index contributed by atoms with van der Waals surface area (Å²) in [6.45, 7) is 0. The molecule has 18 heavy (non-hydrogen) atoms. The van der Waals surface area contributed by atoms with Crippen LogP contribution in [0, 0.1) is 0 Å². The zero-order valence-corrected chi connectivity index (χ0v) is 11.0. The van der Waals surface area contributed by atoms with Gasteiger partial charge in [-0.25, -0.2) is 8.42 Å². The molecule has 0 saturated carbocycles. The van der Waals surface area contributed by atoms with Crippen LogP contribution in [0.5, 0.6) is 0 Å². The van der Waals surface area contributed by atoms with Gasteiger partial charge in [0.25, 0.3) is 10.0 Å². The predicted octanol–water partition coefficient (Wildman–Crippen LogP) is 0.624. The van der Waals surface area contributed by atoms with Crippen molar-refractivity contribution in [1.82, 2.24) is 4.89 Å². The van der Waals surface area contributed by atoms with E-state index in [-0.39, 0.29) is 10.5 Å². The van der Waals surface area contributed by atoms with Crippen molar-refractivity contribution in [3.8, 4) is 0 Å². The minimum atomic E-state index is -4.06. The van der Waals surface area contributed by atoms with E-state index in [4.69, 9.17) is 22.5 Å². The number of hydrogen-bond donors (Lipinski definition) is 3. The second-order valence-corrected chi connectivity index (χ2v) is 5.58. The van der Waals surface area contributed by atoms with E-state index in [0.29, 0.717) is 24.3 Å². The van der Waals surface area contributed by atoms with Gasteiger partial charge in [-0.2, -0.15) is 0 Å². The Kier molecular flexibility index (Phi) is 5.09. The molecule has 0 spiro atoms. The van der Waals surface area contributed by atoms with Crippen molar-refractivity contribution >= 4 is 27.5 Å². The van der Waals surface area contributed by atoms with Crippen molar-refractivity contribution in [1.29, 1.82) is 0 Å². The van der Waals surface area contributed by atoms with Gasteiger partial charge in [-0.3, -0.25) is 4.79 Å². The first kappa shape index (κ1) is 14.9. The molecule has 1 rings (SSSR count). The Morgan fingerprint density at radius 3 is 2.61 bits per heavy atom. The molecule has 0 atom stereocenters. The van der Waals surface area contributed by atoms with Crippen molar-refractivity contribution in [3.63, 3.8) is 0 Å². The molecule has 0 heterocycles. The summed E-state index contributed by atoms with van der Waals surface area (Å²) in [6.07, 6.45) is 0.990. The summed E-state index contributed by atoms with van der Waals surface area (Å²) in [5.74, 6) is -0.364. The quantitative estimate of drug-likeness (QED) is 0.527. The molecule has 1 aromatic carbocycles. The highest BCUT2D eigenvalue weighted by molar-refractivity contribution is 7.89. The molecule has 0 radical (unpaired) electrons. The maximum absolute atomic E-state index is 11.6. The molecule has 0 fully saturated rings. The molecule has 1 aromatic rings. The topological polar surface area (TPSA) is 109 Å². The molecular formula is C10H13ClN2O4S. The maximum atomic E-state index is 11.6. The number of primary amides is 1. The van der Waals surface area contributed by atoms with Crippen LogP contribution in [0.3, 0.4) is 0 Å². The van der Waals surface area contributed by atoms with Gasteiger partial charge >= 0.3 is 0 Å². The van der Waals surface area contributed by atoms with Gasteiger partial charge in [0, 0.05) is 11.4 Å². The summed E-state index contributed by atoms with van der Waals surface area (Å²) < 4.78 is 23.2. The summed E-state index contributed by atoms with van der Waals surface area (Å²) in [5, 5.41) is 8.65. The SMILES string of the molecule is NC(=O)c1ccc(CCCCl)c(S(=O)(=O)NO)c1. The van der Waals surface area contributed by atoms with Gasteiger partial charge in [0.2, 0.25) is 5.91 Å².